The van der Waals surface area contributed by atoms with Crippen LogP contribution in [0, 0.1) is 0 Å². The number of halogens is 1. The Bertz CT molecular complexity index is 1050. The SMILES string of the molecule is Clc1cccc(N2CCN(CC3C[C@@H]4c5ccccc5Cc5ccccc5[C@H]4O3)CC2)c1. The van der Waals surface area contributed by atoms with Crippen LogP contribution in [0.3, 0.4) is 0 Å². The van der Waals surface area contributed by atoms with Gasteiger partial charge in [-0.1, -0.05) is 66.2 Å². The maximum atomic E-state index is 6.79. The number of ether oxygens (including phenoxy) is 1. The molecule has 0 bridgehead atoms. The molecule has 2 fully saturated rings. The lowest BCUT2D eigenvalue weighted by molar-refractivity contribution is 0.0183. The fourth-order valence-electron chi connectivity index (χ4n) is 5.85. The molecule has 2 heterocycles. The third kappa shape index (κ3) is 3.83. The van der Waals surface area contributed by atoms with Gasteiger partial charge in [-0.05, 0) is 53.3 Å². The monoisotopic (exact) mass is 444 g/mol. The van der Waals surface area contributed by atoms with E-state index in [1.54, 1.807) is 0 Å². The standard InChI is InChI=1S/C28H29ClN2O/c29-22-8-5-9-23(17-22)31-14-12-30(13-15-31)19-24-18-27-25-10-3-1-6-20(25)16-21-7-2-4-11-26(21)28(27)32-24/h1-11,17,24,27-28H,12-16,18-19H2/t24?,27-,28-/m1/s1. The molecule has 0 amide bonds. The zero-order valence-electron chi connectivity index (χ0n) is 18.3. The predicted octanol–water partition coefficient (Wildman–Crippen LogP) is 5.68. The van der Waals surface area contributed by atoms with Crippen LogP contribution in [0.2, 0.25) is 5.02 Å². The molecule has 2 saturated heterocycles. The molecule has 32 heavy (non-hydrogen) atoms. The molecule has 6 rings (SSSR count). The second kappa shape index (κ2) is 8.55. The Morgan fingerprint density at radius 2 is 1.53 bits per heavy atom. The summed E-state index contributed by atoms with van der Waals surface area (Å²) < 4.78 is 6.79. The van der Waals surface area contributed by atoms with Crippen molar-refractivity contribution in [3.05, 3.63) is 100 Å². The van der Waals surface area contributed by atoms with E-state index in [2.05, 4.69) is 70.5 Å². The van der Waals surface area contributed by atoms with E-state index in [0.29, 0.717) is 5.92 Å². The third-order valence-corrected chi connectivity index (χ3v) is 7.66. The zero-order valence-corrected chi connectivity index (χ0v) is 19.0. The van der Waals surface area contributed by atoms with Gasteiger partial charge in [-0.3, -0.25) is 4.90 Å². The first-order valence-corrected chi connectivity index (χ1v) is 12.2. The van der Waals surface area contributed by atoms with Crippen molar-refractivity contribution in [2.24, 2.45) is 0 Å². The molecule has 0 saturated carbocycles. The van der Waals surface area contributed by atoms with Gasteiger partial charge in [0.05, 0.1) is 12.2 Å². The van der Waals surface area contributed by atoms with Gasteiger partial charge >= 0.3 is 0 Å². The van der Waals surface area contributed by atoms with Crippen molar-refractivity contribution in [2.45, 2.75) is 31.0 Å². The molecule has 3 aromatic rings. The Morgan fingerprint density at radius 3 is 2.31 bits per heavy atom. The highest BCUT2D eigenvalue weighted by molar-refractivity contribution is 6.30. The molecular formula is C28H29ClN2O. The fourth-order valence-corrected chi connectivity index (χ4v) is 6.03. The lowest BCUT2D eigenvalue weighted by atomic mass is 9.87. The van der Waals surface area contributed by atoms with E-state index in [-0.39, 0.29) is 12.2 Å². The quantitative estimate of drug-likeness (QED) is 0.516. The maximum absolute atomic E-state index is 6.79. The van der Waals surface area contributed by atoms with Crippen LogP contribution in [0.25, 0.3) is 0 Å². The number of rotatable bonds is 3. The molecule has 3 atom stereocenters. The molecule has 0 N–H and O–H groups in total. The molecule has 0 aromatic heterocycles. The van der Waals surface area contributed by atoms with Gasteiger partial charge in [0.2, 0.25) is 0 Å². The lowest BCUT2D eigenvalue weighted by Gasteiger charge is -2.37. The fraction of sp³-hybridized carbons (Fsp3) is 0.357. The Kier molecular flexibility index (Phi) is 5.42. The van der Waals surface area contributed by atoms with Crippen molar-refractivity contribution >= 4 is 17.3 Å². The van der Waals surface area contributed by atoms with Crippen LogP contribution in [0.1, 0.15) is 40.7 Å². The first-order valence-electron chi connectivity index (χ1n) is 11.8. The van der Waals surface area contributed by atoms with Gasteiger partial charge < -0.3 is 9.64 Å². The van der Waals surface area contributed by atoms with Crippen LogP contribution in [0.4, 0.5) is 5.69 Å². The second-order valence-corrected chi connectivity index (χ2v) is 9.80. The zero-order chi connectivity index (χ0) is 21.5. The summed E-state index contributed by atoms with van der Waals surface area (Å²) in [6.45, 7) is 5.21. The van der Waals surface area contributed by atoms with Crippen LogP contribution in [0.5, 0.6) is 0 Å². The number of fused-ring (bicyclic) bond motifs is 5. The molecule has 164 valence electrons. The molecule has 2 aliphatic heterocycles. The Morgan fingerprint density at radius 1 is 0.812 bits per heavy atom. The van der Waals surface area contributed by atoms with Crippen molar-refractivity contribution in [1.29, 1.82) is 0 Å². The molecule has 0 spiro atoms. The number of anilines is 1. The van der Waals surface area contributed by atoms with Gasteiger partial charge in [0.15, 0.2) is 0 Å². The van der Waals surface area contributed by atoms with Crippen LogP contribution in [-0.2, 0) is 11.2 Å². The van der Waals surface area contributed by atoms with Gasteiger partial charge in [0.25, 0.3) is 0 Å². The van der Waals surface area contributed by atoms with E-state index in [1.165, 1.54) is 27.9 Å². The average Bonchev–Trinajstić information content (AvgIpc) is 3.18. The smallest absolute Gasteiger partial charge is 0.0901 e. The average molecular weight is 445 g/mol. The highest BCUT2D eigenvalue weighted by Crippen LogP contribution is 2.49. The normalized spacial score (nSPS) is 25.0. The summed E-state index contributed by atoms with van der Waals surface area (Å²) in [5.41, 5.74) is 6.99. The van der Waals surface area contributed by atoms with Gasteiger partial charge in [0.1, 0.15) is 0 Å². The van der Waals surface area contributed by atoms with Crippen molar-refractivity contribution in [2.75, 3.05) is 37.6 Å². The van der Waals surface area contributed by atoms with E-state index in [9.17, 15) is 0 Å². The Balaban J connectivity index is 1.16. The van der Waals surface area contributed by atoms with Crippen LogP contribution >= 0.6 is 11.6 Å². The summed E-state index contributed by atoms with van der Waals surface area (Å²) in [5.74, 6) is 0.451. The first-order chi connectivity index (χ1) is 15.7. The van der Waals surface area contributed by atoms with Crippen LogP contribution in [0.15, 0.2) is 72.8 Å². The number of hydrogen-bond acceptors (Lipinski definition) is 3. The summed E-state index contributed by atoms with van der Waals surface area (Å²) in [5, 5.41) is 0.809. The number of piperazine rings is 1. The number of benzene rings is 3. The van der Waals surface area contributed by atoms with Gasteiger partial charge in [-0.15, -0.1) is 0 Å². The summed E-state index contributed by atoms with van der Waals surface area (Å²) in [7, 11) is 0. The predicted molar refractivity (Wildman–Crippen MR) is 131 cm³/mol. The molecule has 3 aromatic carbocycles. The number of hydrogen-bond donors (Lipinski definition) is 0. The van der Waals surface area contributed by atoms with Gasteiger partial charge in [-0.2, -0.15) is 0 Å². The Hall–Kier alpha value is -2.33. The Labute approximate surface area is 195 Å². The summed E-state index contributed by atoms with van der Waals surface area (Å²) in [4.78, 5) is 5.02. The van der Waals surface area contributed by atoms with Crippen LogP contribution in [-0.4, -0.2) is 43.7 Å². The third-order valence-electron chi connectivity index (χ3n) is 7.43. The molecule has 0 radical (unpaired) electrons. The summed E-state index contributed by atoms with van der Waals surface area (Å²) in [6.07, 6.45) is 2.57. The minimum absolute atomic E-state index is 0.174. The summed E-state index contributed by atoms with van der Waals surface area (Å²) >= 11 is 6.20. The van der Waals surface area contributed by atoms with E-state index in [4.69, 9.17) is 16.3 Å². The minimum atomic E-state index is 0.174. The van der Waals surface area contributed by atoms with Crippen molar-refractivity contribution in [3.63, 3.8) is 0 Å². The summed E-state index contributed by atoms with van der Waals surface area (Å²) in [6, 6.07) is 26.1. The minimum Gasteiger partial charge on any atom is -0.369 e. The highest BCUT2D eigenvalue weighted by atomic mass is 35.5. The number of nitrogens with zero attached hydrogens (tertiary/aromatic N) is 2. The molecule has 3 aliphatic rings. The van der Waals surface area contributed by atoms with Crippen LogP contribution < -0.4 is 4.90 Å². The molecule has 1 unspecified atom stereocenters. The maximum Gasteiger partial charge on any atom is 0.0901 e. The van der Waals surface area contributed by atoms with Gasteiger partial charge in [-0.25, -0.2) is 0 Å². The first kappa shape index (κ1) is 20.3. The molecule has 4 heteroatoms. The topological polar surface area (TPSA) is 15.7 Å². The van der Waals surface area contributed by atoms with E-state index >= 15 is 0 Å². The van der Waals surface area contributed by atoms with Crippen molar-refractivity contribution in [1.82, 2.24) is 4.90 Å². The molecular weight excluding hydrogens is 416 g/mol. The van der Waals surface area contributed by atoms with Crippen molar-refractivity contribution < 1.29 is 4.74 Å². The lowest BCUT2D eigenvalue weighted by Crippen LogP contribution is -2.48. The van der Waals surface area contributed by atoms with E-state index in [0.717, 1.165) is 50.6 Å². The van der Waals surface area contributed by atoms with Gasteiger partial charge in [0, 0.05) is 49.4 Å². The molecule has 1 aliphatic carbocycles. The molecule has 3 nitrogen and oxygen atoms in total. The largest absolute Gasteiger partial charge is 0.369 e. The second-order valence-electron chi connectivity index (χ2n) is 9.36. The highest BCUT2D eigenvalue weighted by Gasteiger charge is 2.41. The van der Waals surface area contributed by atoms with Crippen molar-refractivity contribution in [3.8, 4) is 0 Å². The van der Waals surface area contributed by atoms with E-state index < -0.39 is 0 Å². The van der Waals surface area contributed by atoms with E-state index in [1.807, 2.05) is 12.1 Å².